The lowest BCUT2D eigenvalue weighted by Crippen LogP contribution is -2.19. The summed E-state index contributed by atoms with van der Waals surface area (Å²) in [4.78, 5) is 13.8. The lowest BCUT2D eigenvalue weighted by atomic mass is 10.2. The minimum Gasteiger partial charge on any atom is -0.482 e. The van der Waals surface area contributed by atoms with Gasteiger partial charge in [0.05, 0.1) is 11.1 Å². The first-order chi connectivity index (χ1) is 8.15. The zero-order valence-electron chi connectivity index (χ0n) is 8.80. The molecule has 1 N–H and O–H groups in total. The molecule has 0 spiro atoms. The number of aromatic nitrogens is 1. The van der Waals surface area contributed by atoms with Gasteiger partial charge in [-0.05, 0) is 12.1 Å². The maximum atomic E-state index is 10.4. The summed E-state index contributed by atoms with van der Waals surface area (Å²) >= 11 is 5.65. The summed E-state index contributed by atoms with van der Waals surface area (Å²) in [6.45, 7) is 0.658. The maximum Gasteiger partial charge on any atom is 0.257 e. The Bertz CT molecular complexity index is 447. The molecule has 1 aromatic rings. The van der Waals surface area contributed by atoms with Crippen molar-refractivity contribution in [3.63, 3.8) is 0 Å². The molecule has 1 unspecified atom stereocenters. The van der Waals surface area contributed by atoms with Gasteiger partial charge < -0.3 is 10.1 Å². The third-order valence-electron chi connectivity index (χ3n) is 2.31. The normalized spacial score (nSPS) is 21.2. The topological polar surface area (TPSA) is 77.3 Å². The first kappa shape index (κ1) is 11.7. The van der Waals surface area contributed by atoms with E-state index in [1.807, 2.05) is 0 Å². The molecule has 17 heavy (non-hydrogen) atoms. The fourth-order valence-corrected chi connectivity index (χ4v) is 1.69. The van der Waals surface area contributed by atoms with Crippen molar-refractivity contribution < 1.29 is 9.66 Å². The second-order valence-electron chi connectivity index (χ2n) is 3.51. The summed E-state index contributed by atoms with van der Waals surface area (Å²) in [6.07, 6.45) is 2.77. The fourth-order valence-electron chi connectivity index (χ4n) is 1.58. The number of nitro groups is 1. The molecule has 1 aliphatic rings. The van der Waals surface area contributed by atoms with Gasteiger partial charge in [0, 0.05) is 13.0 Å². The van der Waals surface area contributed by atoms with Crippen molar-refractivity contribution in [2.24, 2.45) is 0 Å². The number of hydrogen-bond donors (Lipinski definition) is 1. The summed E-state index contributed by atoms with van der Waals surface area (Å²) in [6, 6.07) is 3.29. The summed E-state index contributed by atoms with van der Waals surface area (Å²) in [7, 11) is 0. The van der Waals surface area contributed by atoms with E-state index in [0.29, 0.717) is 29.6 Å². The predicted octanol–water partition coefficient (Wildman–Crippen LogP) is 1.59. The highest BCUT2D eigenvalue weighted by atomic mass is 35.5. The molecule has 90 valence electrons. The molecular formula is C10H10ClN3O3. The Morgan fingerprint density at radius 3 is 3.12 bits per heavy atom. The van der Waals surface area contributed by atoms with E-state index in [4.69, 9.17) is 16.3 Å². The molecule has 0 amide bonds. The number of pyridine rings is 1. The van der Waals surface area contributed by atoms with E-state index in [-0.39, 0.29) is 6.10 Å². The molecule has 0 saturated carbocycles. The number of rotatable bonds is 3. The molecule has 1 aromatic heterocycles. The van der Waals surface area contributed by atoms with Crippen molar-refractivity contribution in [3.8, 4) is 5.75 Å². The molecule has 2 heterocycles. The molecule has 1 atom stereocenters. The Hall–Kier alpha value is -1.82. The van der Waals surface area contributed by atoms with Crippen LogP contribution >= 0.6 is 11.6 Å². The summed E-state index contributed by atoms with van der Waals surface area (Å²) in [5.74, 6) is 0.539. The second kappa shape index (κ2) is 5.01. The van der Waals surface area contributed by atoms with Crippen molar-refractivity contribution in [2.45, 2.75) is 12.5 Å². The van der Waals surface area contributed by atoms with Crippen LogP contribution in [0, 0.1) is 10.1 Å². The van der Waals surface area contributed by atoms with Crippen LogP contribution in [0.15, 0.2) is 30.2 Å². The van der Waals surface area contributed by atoms with Crippen molar-refractivity contribution in [1.82, 2.24) is 10.3 Å². The van der Waals surface area contributed by atoms with Crippen LogP contribution < -0.4 is 10.1 Å². The van der Waals surface area contributed by atoms with Crippen molar-refractivity contribution in [1.29, 1.82) is 0 Å². The van der Waals surface area contributed by atoms with Crippen LogP contribution in [0.5, 0.6) is 5.75 Å². The van der Waals surface area contributed by atoms with Gasteiger partial charge in [-0.2, -0.15) is 0 Å². The largest absolute Gasteiger partial charge is 0.482 e. The molecule has 6 nitrogen and oxygen atoms in total. The van der Waals surface area contributed by atoms with E-state index < -0.39 is 4.92 Å². The van der Waals surface area contributed by atoms with E-state index in [1.165, 1.54) is 6.20 Å². The number of hydrogen-bond acceptors (Lipinski definition) is 5. The summed E-state index contributed by atoms with van der Waals surface area (Å²) < 4.78 is 5.59. The van der Waals surface area contributed by atoms with Crippen LogP contribution in [0.4, 0.5) is 0 Å². The van der Waals surface area contributed by atoms with E-state index in [9.17, 15) is 10.1 Å². The van der Waals surface area contributed by atoms with E-state index in [1.54, 1.807) is 12.1 Å². The number of ether oxygens (including phenoxy) is 1. The van der Waals surface area contributed by atoms with Crippen molar-refractivity contribution in [3.05, 3.63) is 45.5 Å². The average molecular weight is 256 g/mol. The van der Waals surface area contributed by atoms with Crippen LogP contribution in [0.1, 0.15) is 6.42 Å². The Labute approximate surface area is 102 Å². The van der Waals surface area contributed by atoms with Gasteiger partial charge in [-0.3, -0.25) is 10.1 Å². The van der Waals surface area contributed by atoms with Gasteiger partial charge in [0.2, 0.25) is 0 Å². The molecule has 0 radical (unpaired) electrons. The zero-order valence-corrected chi connectivity index (χ0v) is 9.55. The number of nitrogens with one attached hydrogen (secondary N) is 1. The molecule has 0 aliphatic carbocycles. The first-order valence-electron chi connectivity index (χ1n) is 5.02. The molecule has 0 aromatic carbocycles. The zero-order chi connectivity index (χ0) is 12.3. The van der Waals surface area contributed by atoms with Gasteiger partial charge in [-0.1, -0.05) is 11.6 Å². The standard InChI is InChI=1S/C10H10ClN3O3/c11-10-2-1-7(5-13-10)17-9-3-4-12-8(9)6-14(15)16/h1-2,5-6,9,12H,3-4H2/b8-6-. The SMILES string of the molecule is O=[N+]([O-])/C=C1\NCCC1Oc1ccc(Cl)nc1. The molecule has 1 saturated heterocycles. The van der Waals surface area contributed by atoms with Gasteiger partial charge in [-0.15, -0.1) is 0 Å². The smallest absolute Gasteiger partial charge is 0.257 e. The van der Waals surface area contributed by atoms with Crippen molar-refractivity contribution >= 4 is 11.6 Å². The molecule has 7 heteroatoms. The quantitative estimate of drug-likeness (QED) is 0.504. The minimum absolute atomic E-state index is 0.330. The van der Waals surface area contributed by atoms with Gasteiger partial charge in [0.15, 0.2) is 0 Å². The Kier molecular flexibility index (Phi) is 3.43. The number of nitrogens with zero attached hydrogens (tertiary/aromatic N) is 2. The first-order valence-corrected chi connectivity index (χ1v) is 5.40. The molecule has 1 fully saturated rings. The highest BCUT2D eigenvalue weighted by Crippen LogP contribution is 2.20. The van der Waals surface area contributed by atoms with Gasteiger partial charge in [0.1, 0.15) is 22.7 Å². The van der Waals surface area contributed by atoms with Crippen LogP contribution in [0.25, 0.3) is 0 Å². The highest BCUT2D eigenvalue weighted by Gasteiger charge is 2.25. The third kappa shape index (κ3) is 3.07. The van der Waals surface area contributed by atoms with Crippen molar-refractivity contribution in [2.75, 3.05) is 6.54 Å². The molecule has 0 bridgehead atoms. The predicted molar refractivity (Wildman–Crippen MR) is 61.4 cm³/mol. The van der Waals surface area contributed by atoms with E-state index >= 15 is 0 Å². The lowest BCUT2D eigenvalue weighted by Gasteiger charge is -2.12. The van der Waals surface area contributed by atoms with Gasteiger partial charge in [0.25, 0.3) is 6.20 Å². The second-order valence-corrected chi connectivity index (χ2v) is 3.90. The monoisotopic (exact) mass is 255 g/mol. The Morgan fingerprint density at radius 1 is 1.65 bits per heavy atom. The Morgan fingerprint density at radius 2 is 2.47 bits per heavy atom. The van der Waals surface area contributed by atoms with Gasteiger partial charge >= 0.3 is 0 Å². The van der Waals surface area contributed by atoms with Crippen LogP contribution in [0.3, 0.4) is 0 Å². The molecule has 1 aliphatic heterocycles. The summed E-state index contributed by atoms with van der Waals surface area (Å²) in [5.41, 5.74) is 0.477. The Balaban J connectivity index is 2.07. The van der Waals surface area contributed by atoms with E-state index in [2.05, 4.69) is 10.3 Å². The van der Waals surface area contributed by atoms with Crippen LogP contribution in [-0.4, -0.2) is 22.6 Å². The molecule has 2 rings (SSSR count). The maximum absolute atomic E-state index is 10.4. The van der Waals surface area contributed by atoms with E-state index in [0.717, 1.165) is 6.20 Å². The molecular weight excluding hydrogens is 246 g/mol. The van der Waals surface area contributed by atoms with Crippen LogP contribution in [-0.2, 0) is 0 Å². The fraction of sp³-hybridized carbons (Fsp3) is 0.300. The lowest BCUT2D eigenvalue weighted by molar-refractivity contribution is -0.404. The minimum atomic E-state index is -0.496. The number of halogens is 1. The van der Waals surface area contributed by atoms with Crippen LogP contribution in [0.2, 0.25) is 5.15 Å². The highest BCUT2D eigenvalue weighted by molar-refractivity contribution is 6.29. The summed E-state index contributed by atoms with van der Waals surface area (Å²) in [5, 5.41) is 13.7. The average Bonchev–Trinajstić information content (AvgIpc) is 2.68. The van der Waals surface area contributed by atoms with Gasteiger partial charge in [-0.25, -0.2) is 4.98 Å². The third-order valence-corrected chi connectivity index (χ3v) is 2.53.